The lowest BCUT2D eigenvalue weighted by atomic mass is 9.87. The molecule has 0 aliphatic rings. The number of hydrogen-bond acceptors (Lipinski definition) is 3. The van der Waals surface area contributed by atoms with Crippen LogP contribution in [0.1, 0.15) is 37.7 Å². The summed E-state index contributed by atoms with van der Waals surface area (Å²) in [6, 6.07) is 17.5. The SMILES string of the molecule is CC(C)(C)c1ccc(OCC(=O)N(Cc2ccc(F)cc2)Cc2ccco2)cc1. The summed E-state index contributed by atoms with van der Waals surface area (Å²) in [5.41, 5.74) is 2.09. The topological polar surface area (TPSA) is 42.7 Å². The predicted octanol–water partition coefficient (Wildman–Crippen LogP) is 5.32. The normalized spacial score (nSPS) is 11.3. The third kappa shape index (κ3) is 5.95. The van der Waals surface area contributed by atoms with E-state index in [0.29, 0.717) is 24.6 Å². The summed E-state index contributed by atoms with van der Waals surface area (Å²) in [6.45, 7) is 7.01. The van der Waals surface area contributed by atoms with Gasteiger partial charge in [-0.15, -0.1) is 0 Å². The number of nitrogens with zero attached hydrogens (tertiary/aromatic N) is 1. The highest BCUT2D eigenvalue weighted by atomic mass is 19.1. The van der Waals surface area contributed by atoms with Crippen LogP contribution in [0.3, 0.4) is 0 Å². The van der Waals surface area contributed by atoms with Gasteiger partial charge < -0.3 is 14.1 Å². The van der Waals surface area contributed by atoms with Gasteiger partial charge in [-0.05, 0) is 52.9 Å². The Morgan fingerprint density at radius 1 is 1.00 bits per heavy atom. The molecule has 1 heterocycles. The van der Waals surface area contributed by atoms with Crippen LogP contribution in [-0.2, 0) is 23.3 Å². The molecule has 0 unspecified atom stereocenters. The third-order valence-corrected chi connectivity index (χ3v) is 4.65. The smallest absolute Gasteiger partial charge is 0.261 e. The first kappa shape index (κ1) is 20.6. The number of benzene rings is 2. The van der Waals surface area contributed by atoms with E-state index in [9.17, 15) is 9.18 Å². The van der Waals surface area contributed by atoms with Crippen LogP contribution in [0.2, 0.25) is 0 Å². The first-order valence-electron chi connectivity index (χ1n) is 9.59. The predicted molar refractivity (Wildman–Crippen MR) is 110 cm³/mol. The van der Waals surface area contributed by atoms with E-state index in [2.05, 4.69) is 20.8 Å². The molecule has 0 aliphatic heterocycles. The molecule has 0 fully saturated rings. The van der Waals surface area contributed by atoms with Gasteiger partial charge in [0.15, 0.2) is 6.61 Å². The molecular weight excluding hydrogens is 369 g/mol. The standard InChI is InChI=1S/C24H26FNO3/c1-24(2,3)19-8-12-21(13-9-19)29-17-23(27)26(16-22-5-4-14-28-22)15-18-6-10-20(25)11-7-18/h4-14H,15-17H2,1-3H3. The summed E-state index contributed by atoms with van der Waals surface area (Å²) in [7, 11) is 0. The molecule has 0 saturated carbocycles. The molecule has 0 atom stereocenters. The zero-order valence-corrected chi connectivity index (χ0v) is 17.0. The molecule has 0 N–H and O–H groups in total. The van der Waals surface area contributed by atoms with Crippen molar-refractivity contribution in [2.24, 2.45) is 0 Å². The van der Waals surface area contributed by atoms with Crippen LogP contribution in [-0.4, -0.2) is 17.4 Å². The van der Waals surface area contributed by atoms with Gasteiger partial charge in [0.2, 0.25) is 0 Å². The summed E-state index contributed by atoms with van der Waals surface area (Å²) in [6.07, 6.45) is 1.57. The van der Waals surface area contributed by atoms with Crippen LogP contribution in [0.15, 0.2) is 71.3 Å². The molecule has 0 bridgehead atoms. The quantitative estimate of drug-likeness (QED) is 0.543. The Morgan fingerprint density at radius 3 is 2.28 bits per heavy atom. The van der Waals surface area contributed by atoms with Gasteiger partial charge >= 0.3 is 0 Å². The van der Waals surface area contributed by atoms with E-state index in [0.717, 1.165) is 5.56 Å². The van der Waals surface area contributed by atoms with E-state index in [1.54, 1.807) is 29.4 Å². The van der Waals surface area contributed by atoms with Crippen LogP contribution in [0.5, 0.6) is 5.75 Å². The second kappa shape index (κ2) is 8.95. The molecule has 1 aromatic heterocycles. The monoisotopic (exact) mass is 395 g/mol. The number of rotatable bonds is 7. The third-order valence-electron chi connectivity index (χ3n) is 4.65. The van der Waals surface area contributed by atoms with E-state index in [1.807, 2.05) is 30.3 Å². The average molecular weight is 395 g/mol. The number of carbonyl (C=O) groups is 1. The van der Waals surface area contributed by atoms with Gasteiger partial charge in [-0.3, -0.25) is 4.79 Å². The number of amides is 1. The van der Waals surface area contributed by atoms with E-state index in [-0.39, 0.29) is 23.7 Å². The second-order valence-electron chi connectivity index (χ2n) is 8.02. The van der Waals surface area contributed by atoms with Gasteiger partial charge in [0.1, 0.15) is 17.3 Å². The van der Waals surface area contributed by atoms with Crippen molar-refractivity contribution in [3.8, 4) is 5.75 Å². The number of ether oxygens (including phenoxy) is 1. The molecule has 2 aromatic carbocycles. The fourth-order valence-corrected chi connectivity index (χ4v) is 2.92. The fraction of sp³-hybridized carbons (Fsp3) is 0.292. The summed E-state index contributed by atoms with van der Waals surface area (Å²) in [5, 5.41) is 0. The van der Waals surface area contributed by atoms with Crippen molar-refractivity contribution >= 4 is 5.91 Å². The van der Waals surface area contributed by atoms with Gasteiger partial charge in [0.05, 0.1) is 12.8 Å². The minimum absolute atomic E-state index is 0.0589. The van der Waals surface area contributed by atoms with Crippen molar-refractivity contribution < 1.29 is 18.3 Å². The molecule has 0 saturated heterocycles. The lowest BCUT2D eigenvalue weighted by molar-refractivity contribution is -0.134. The Kier molecular flexibility index (Phi) is 6.37. The second-order valence-corrected chi connectivity index (χ2v) is 8.02. The van der Waals surface area contributed by atoms with E-state index in [1.165, 1.54) is 17.7 Å². The van der Waals surface area contributed by atoms with Crippen molar-refractivity contribution in [3.05, 3.63) is 89.6 Å². The highest BCUT2D eigenvalue weighted by Gasteiger charge is 2.18. The van der Waals surface area contributed by atoms with Gasteiger partial charge in [-0.1, -0.05) is 45.0 Å². The Labute approximate surface area is 170 Å². The van der Waals surface area contributed by atoms with E-state index < -0.39 is 0 Å². The molecule has 0 aliphatic carbocycles. The van der Waals surface area contributed by atoms with Crippen LogP contribution in [0.4, 0.5) is 4.39 Å². The van der Waals surface area contributed by atoms with E-state index >= 15 is 0 Å². The summed E-state index contributed by atoms with van der Waals surface area (Å²) >= 11 is 0. The van der Waals surface area contributed by atoms with Crippen molar-refractivity contribution in [2.45, 2.75) is 39.3 Å². The molecule has 152 valence electrons. The highest BCUT2D eigenvalue weighted by Crippen LogP contribution is 2.24. The van der Waals surface area contributed by atoms with Gasteiger partial charge in [-0.25, -0.2) is 4.39 Å². The van der Waals surface area contributed by atoms with Gasteiger partial charge in [-0.2, -0.15) is 0 Å². The molecule has 0 radical (unpaired) electrons. The van der Waals surface area contributed by atoms with Gasteiger partial charge in [0.25, 0.3) is 5.91 Å². The molecule has 29 heavy (non-hydrogen) atoms. The maximum absolute atomic E-state index is 13.2. The number of halogens is 1. The molecule has 3 rings (SSSR count). The molecular formula is C24H26FNO3. The average Bonchev–Trinajstić information content (AvgIpc) is 3.20. The number of hydrogen-bond donors (Lipinski definition) is 0. The molecule has 3 aromatic rings. The minimum Gasteiger partial charge on any atom is -0.484 e. The Morgan fingerprint density at radius 2 is 1.69 bits per heavy atom. The van der Waals surface area contributed by atoms with Crippen molar-refractivity contribution in [1.29, 1.82) is 0 Å². The summed E-state index contributed by atoms with van der Waals surface area (Å²) in [4.78, 5) is 14.5. The Bertz CT molecular complexity index is 910. The maximum Gasteiger partial charge on any atom is 0.261 e. The first-order valence-corrected chi connectivity index (χ1v) is 9.59. The fourth-order valence-electron chi connectivity index (χ4n) is 2.92. The van der Waals surface area contributed by atoms with Crippen molar-refractivity contribution in [3.63, 3.8) is 0 Å². The zero-order chi connectivity index (χ0) is 20.9. The number of furan rings is 1. The van der Waals surface area contributed by atoms with Crippen molar-refractivity contribution in [1.82, 2.24) is 4.90 Å². The summed E-state index contributed by atoms with van der Waals surface area (Å²) < 4.78 is 24.3. The maximum atomic E-state index is 13.2. The molecule has 0 spiro atoms. The zero-order valence-electron chi connectivity index (χ0n) is 17.0. The largest absolute Gasteiger partial charge is 0.484 e. The first-order chi connectivity index (χ1) is 13.8. The minimum atomic E-state index is -0.306. The lowest BCUT2D eigenvalue weighted by Gasteiger charge is -2.22. The Hall–Kier alpha value is -3.08. The van der Waals surface area contributed by atoms with Crippen LogP contribution in [0, 0.1) is 5.82 Å². The molecule has 5 heteroatoms. The number of carbonyl (C=O) groups excluding carboxylic acids is 1. The summed E-state index contributed by atoms with van der Waals surface area (Å²) in [5.74, 6) is 0.839. The van der Waals surface area contributed by atoms with Crippen LogP contribution in [0.25, 0.3) is 0 Å². The van der Waals surface area contributed by atoms with Crippen LogP contribution < -0.4 is 4.74 Å². The highest BCUT2D eigenvalue weighted by molar-refractivity contribution is 5.77. The van der Waals surface area contributed by atoms with Crippen molar-refractivity contribution in [2.75, 3.05) is 6.61 Å². The van der Waals surface area contributed by atoms with Crippen LogP contribution >= 0.6 is 0 Å². The van der Waals surface area contributed by atoms with E-state index in [4.69, 9.17) is 9.15 Å². The Balaban J connectivity index is 1.66. The lowest BCUT2D eigenvalue weighted by Crippen LogP contribution is -2.34. The molecule has 1 amide bonds. The molecule has 4 nitrogen and oxygen atoms in total. The van der Waals surface area contributed by atoms with Gasteiger partial charge in [0, 0.05) is 6.54 Å².